The van der Waals surface area contributed by atoms with Gasteiger partial charge >= 0.3 is 6.18 Å². The lowest BCUT2D eigenvalue weighted by molar-refractivity contribution is -0.147. The van der Waals surface area contributed by atoms with E-state index < -0.39 is 12.0 Å². The number of methoxy groups -OCH3 is 1. The van der Waals surface area contributed by atoms with E-state index in [0.717, 1.165) is 6.21 Å². The van der Waals surface area contributed by atoms with Crippen molar-refractivity contribution in [2.75, 3.05) is 7.11 Å². The largest absolute Gasteiger partial charge is 0.503 e. The number of nitrogens with one attached hydrogen (secondary N) is 1. The average Bonchev–Trinajstić information content (AvgIpc) is 2.81. The van der Waals surface area contributed by atoms with Gasteiger partial charge in [-0.25, -0.2) is 5.10 Å². The summed E-state index contributed by atoms with van der Waals surface area (Å²) in [6.07, 6.45) is -3.64. The first-order chi connectivity index (χ1) is 10.2. The molecule has 1 heterocycles. The monoisotopic (exact) mass is 352 g/mol. The van der Waals surface area contributed by atoms with E-state index in [1.54, 1.807) is 0 Å². The van der Waals surface area contributed by atoms with Gasteiger partial charge < -0.3 is 9.84 Å². The molecule has 118 valence electrons. The minimum Gasteiger partial charge on any atom is -0.503 e. The lowest BCUT2D eigenvalue weighted by Gasteiger charge is -2.06. The Morgan fingerprint density at radius 2 is 2.18 bits per heavy atom. The zero-order chi connectivity index (χ0) is 16.5. The molecule has 0 aliphatic carbocycles. The Hall–Kier alpha value is -2.07. The second kappa shape index (κ2) is 5.97. The van der Waals surface area contributed by atoms with Crippen LogP contribution < -0.4 is 4.74 Å². The normalized spacial score (nSPS) is 12.0. The molecular weight excluding hydrogens is 345 g/mol. The molecular formula is C11H8ClF3N4O2S. The van der Waals surface area contributed by atoms with Crippen molar-refractivity contribution in [2.45, 2.75) is 6.18 Å². The minimum atomic E-state index is -4.71. The smallest absolute Gasteiger partial charge is 0.453 e. The van der Waals surface area contributed by atoms with Gasteiger partial charge in [-0.3, -0.25) is 0 Å². The molecule has 1 aromatic carbocycles. The van der Waals surface area contributed by atoms with Crippen molar-refractivity contribution in [1.29, 1.82) is 0 Å². The van der Waals surface area contributed by atoms with Crippen LogP contribution in [0.3, 0.4) is 0 Å². The molecule has 11 heteroatoms. The highest BCUT2D eigenvalue weighted by molar-refractivity contribution is 7.71. The van der Waals surface area contributed by atoms with Gasteiger partial charge in [0.15, 0.2) is 11.5 Å². The summed E-state index contributed by atoms with van der Waals surface area (Å²) in [5.41, 5.74) is 0.302. The highest BCUT2D eigenvalue weighted by Crippen LogP contribution is 2.34. The highest BCUT2D eigenvalue weighted by Gasteiger charge is 2.37. The third-order valence-corrected chi connectivity index (χ3v) is 3.05. The van der Waals surface area contributed by atoms with Crippen LogP contribution in [0, 0.1) is 4.77 Å². The van der Waals surface area contributed by atoms with Gasteiger partial charge in [0.1, 0.15) is 0 Å². The number of benzene rings is 1. The molecule has 2 N–H and O–H groups in total. The molecule has 2 rings (SSSR count). The van der Waals surface area contributed by atoms with E-state index in [1.807, 2.05) is 5.10 Å². The topological polar surface area (TPSA) is 75.4 Å². The zero-order valence-corrected chi connectivity index (χ0v) is 12.4. The van der Waals surface area contributed by atoms with Crippen molar-refractivity contribution in [2.24, 2.45) is 5.10 Å². The molecule has 2 aromatic rings. The maximum atomic E-state index is 12.7. The second-order valence-electron chi connectivity index (χ2n) is 3.96. The molecule has 0 amide bonds. The van der Waals surface area contributed by atoms with E-state index in [2.05, 4.69) is 10.2 Å². The molecule has 0 radical (unpaired) electrons. The van der Waals surface area contributed by atoms with E-state index in [-0.39, 0.29) is 21.3 Å². The third kappa shape index (κ3) is 3.22. The van der Waals surface area contributed by atoms with Crippen LogP contribution in [0.15, 0.2) is 17.2 Å². The van der Waals surface area contributed by atoms with Gasteiger partial charge in [-0.2, -0.15) is 22.9 Å². The maximum Gasteiger partial charge on any atom is 0.453 e. The molecule has 0 bridgehead atoms. The zero-order valence-electron chi connectivity index (χ0n) is 10.8. The fraction of sp³-hybridized carbons (Fsp3) is 0.182. The van der Waals surface area contributed by atoms with Crippen molar-refractivity contribution in [1.82, 2.24) is 14.9 Å². The Morgan fingerprint density at radius 3 is 2.77 bits per heavy atom. The number of hydrogen-bond acceptors (Lipinski definition) is 5. The molecule has 22 heavy (non-hydrogen) atoms. The van der Waals surface area contributed by atoms with Crippen molar-refractivity contribution in [3.8, 4) is 11.5 Å². The number of phenols is 1. The summed E-state index contributed by atoms with van der Waals surface area (Å²) < 4.78 is 43.2. The molecule has 0 unspecified atom stereocenters. The third-order valence-electron chi connectivity index (χ3n) is 2.50. The first-order valence-corrected chi connectivity index (χ1v) is 6.38. The Balaban J connectivity index is 2.44. The number of H-pyrrole nitrogens is 1. The van der Waals surface area contributed by atoms with Crippen LogP contribution in [0.5, 0.6) is 11.5 Å². The quantitative estimate of drug-likeness (QED) is 0.657. The van der Waals surface area contributed by atoms with Crippen LogP contribution in [0.1, 0.15) is 11.4 Å². The first-order valence-electron chi connectivity index (χ1n) is 5.59. The number of aromatic amines is 1. The summed E-state index contributed by atoms with van der Waals surface area (Å²) in [4.78, 5) is 0. The predicted molar refractivity (Wildman–Crippen MR) is 75.1 cm³/mol. The molecule has 0 fully saturated rings. The average molecular weight is 353 g/mol. The lowest BCUT2D eigenvalue weighted by atomic mass is 10.2. The first kappa shape index (κ1) is 16.3. The summed E-state index contributed by atoms with van der Waals surface area (Å²) in [7, 11) is 1.31. The van der Waals surface area contributed by atoms with Crippen molar-refractivity contribution in [3.63, 3.8) is 0 Å². The molecule has 0 saturated carbocycles. The van der Waals surface area contributed by atoms with E-state index in [1.165, 1.54) is 19.2 Å². The van der Waals surface area contributed by atoms with Crippen LogP contribution in [0.25, 0.3) is 0 Å². The van der Waals surface area contributed by atoms with Crippen LogP contribution >= 0.6 is 23.8 Å². The lowest BCUT2D eigenvalue weighted by Crippen LogP contribution is -2.12. The summed E-state index contributed by atoms with van der Waals surface area (Å²) in [5, 5.41) is 18.3. The number of ether oxygens (including phenoxy) is 1. The van der Waals surface area contributed by atoms with Gasteiger partial charge in [0.2, 0.25) is 4.77 Å². The molecule has 0 atom stereocenters. The molecule has 0 spiro atoms. The maximum absolute atomic E-state index is 12.7. The van der Waals surface area contributed by atoms with Crippen molar-refractivity contribution < 1.29 is 23.0 Å². The molecule has 0 aliphatic heterocycles. The van der Waals surface area contributed by atoms with E-state index in [9.17, 15) is 18.3 Å². The van der Waals surface area contributed by atoms with Crippen LogP contribution in [0.4, 0.5) is 13.2 Å². The number of halogens is 4. The van der Waals surface area contributed by atoms with Gasteiger partial charge in [-0.1, -0.05) is 11.6 Å². The SMILES string of the molecule is COc1cc(/C=N\n2c(C(F)(F)F)n[nH]c2=S)cc(Cl)c1O. The van der Waals surface area contributed by atoms with E-state index in [0.29, 0.717) is 10.2 Å². The predicted octanol–water partition coefficient (Wildman–Crippen LogP) is 3.21. The van der Waals surface area contributed by atoms with Gasteiger partial charge in [0, 0.05) is 0 Å². The van der Waals surface area contributed by atoms with Crippen LogP contribution in [0.2, 0.25) is 5.02 Å². The fourth-order valence-corrected chi connectivity index (χ4v) is 1.93. The summed E-state index contributed by atoms with van der Waals surface area (Å²) in [6, 6.07) is 2.65. The Bertz CT molecular complexity index is 785. The second-order valence-corrected chi connectivity index (χ2v) is 4.75. The number of nitrogens with zero attached hydrogens (tertiary/aromatic N) is 3. The number of alkyl halides is 3. The van der Waals surface area contributed by atoms with Gasteiger partial charge in [0.25, 0.3) is 5.82 Å². The van der Waals surface area contributed by atoms with E-state index >= 15 is 0 Å². The van der Waals surface area contributed by atoms with Crippen LogP contribution in [-0.2, 0) is 6.18 Å². The molecule has 0 saturated heterocycles. The number of hydrogen-bond donors (Lipinski definition) is 2. The highest BCUT2D eigenvalue weighted by atomic mass is 35.5. The van der Waals surface area contributed by atoms with Gasteiger partial charge in [-0.15, -0.1) is 5.10 Å². The van der Waals surface area contributed by atoms with Crippen LogP contribution in [-0.4, -0.2) is 33.3 Å². The van der Waals surface area contributed by atoms with E-state index in [4.69, 9.17) is 28.6 Å². The standard InChI is InChI=1S/C11H8ClF3N4O2S/c1-21-7-3-5(2-6(12)8(7)20)4-16-19-9(11(13,14)15)17-18-10(19)22/h2-4,20H,1H3,(H,18,22)/b16-4-. The van der Waals surface area contributed by atoms with Crippen molar-refractivity contribution in [3.05, 3.63) is 33.3 Å². The minimum absolute atomic E-state index is 0.0346. The summed E-state index contributed by atoms with van der Waals surface area (Å²) >= 11 is 10.5. The summed E-state index contributed by atoms with van der Waals surface area (Å²) in [6.45, 7) is 0. The number of aromatic hydroxyl groups is 1. The number of phenolic OH excluding ortho intramolecular Hbond substituents is 1. The fourth-order valence-electron chi connectivity index (χ4n) is 1.53. The van der Waals surface area contributed by atoms with Crippen molar-refractivity contribution >= 4 is 30.0 Å². The molecule has 6 nitrogen and oxygen atoms in total. The van der Waals surface area contributed by atoms with Gasteiger partial charge in [0.05, 0.1) is 18.3 Å². The Morgan fingerprint density at radius 1 is 1.50 bits per heavy atom. The molecule has 1 aromatic heterocycles. The van der Waals surface area contributed by atoms with Gasteiger partial charge in [-0.05, 0) is 29.9 Å². The number of aromatic nitrogens is 3. The Kier molecular flexibility index (Phi) is 4.42. The molecule has 0 aliphatic rings. The number of rotatable bonds is 3. The Labute approximate surface area is 131 Å². The summed E-state index contributed by atoms with van der Waals surface area (Å²) in [5.74, 6) is -1.51.